The second-order valence-electron chi connectivity index (χ2n) is 2.71. The van der Waals surface area contributed by atoms with E-state index < -0.39 is 0 Å². The molecule has 0 amide bonds. The van der Waals surface area contributed by atoms with Gasteiger partial charge in [-0.1, -0.05) is 0 Å². The van der Waals surface area contributed by atoms with Crippen LogP contribution in [0.15, 0.2) is 30.5 Å². The van der Waals surface area contributed by atoms with Crippen LogP contribution in [-0.4, -0.2) is 4.98 Å². The van der Waals surface area contributed by atoms with E-state index in [0.29, 0.717) is 5.82 Å². The summed E-state index contributed by atoms with van der Waals surface area (Å²) in [6.07, 6.45) is 1.64. The van der Waals surface area contributed by atoms with Crippen LogP contribution in [0, 0.1) is 5.82 Å². The molecule has 1 aromatic carbocycles. The Morgan fingerprint density at radius 3 is 2.85 bits per heavy atom. The third kappa shape index (κ3) is 1.43. The molecule has 0 aliphatic heterocycles. The number of hydrazine groups is 1. The molecule has 0 bridgehead atoms. The van der Waals surface area contributed by atoms with Crippen molar-refractivity contribution in [2.24, 2.45) is 5.84 Å². The van der Waals surface area contributed by atoms with Crippen molar-refractivity contribution in [1.29, 1.82) is 0 Å². The molecule has 0 saturated heterocycles. The van der Waals surface area contributed by atoms with Gasteiger partial charge in [0.25, 0.3) is 0 Å². The van der Waals surface area contributed by atoms with Crippen LogP contribution in [0.4, 0.5) is 10.2 Å². The minimum Gasteiger partial charge on any atom is -0.308 e. The number of nitrogens with zero attached hydrogens (tertiary/aromatic N) is 1. The second kappa shape index (κ2) is 2.99. The molecule has 0 saturated carbocycles. The quantitative estimate of drug-likeness (QED) is 0.514. The molecule has 0 atom stereocenters. The Labute approximate surface area is 74.4 Å². The fraction of sp³-hybridized carbons (Fsp3) is 0. The third-order valence-corrected chi connectivity index (χ3v) is 1.83. The molecule has 1 heterocycles. The van der Waals surface area contributed by atoms with Crippen molar-refractivity contribution in [2.45, 2.75) is 0 Å². The molecule has 4 heteroatoms. The van der Waals surface area contributed by atoms with E-state index >= 15 is 0 Å². The zero-order chi connectivity index (χ0) is 9.26. The van der Waals surface area contributed by atoms with Gasteiger partial charge in [0.15, 0.2) is 0 Å². The zero-order valence-electron chi connectivity index (χ0n) is 6.79. The Hall–Kier alpha value is -1.68. The normalized spacial score (nSPS) is 10.3. The molecule has 0 fully saturated rings. The Kier molecular flexibility index (Phi) is 1.83. The van der Waals surface area contributed by atoms with Crippen molar-refractivity contribution in [3.8, 4) is 0 Å². The minimum atomic E-state index is -0.262. The van der Waals surface area contributed by atoms with Gasteiger partial charge in [0.1, 0.15) is 11.6 Å². The average Bonchev–Trinajstić information content (AvgIpc) is 2.16. The molecule has 0 spiro atoms. The van der Waals surface area contributed by atoms with Crippen molar-refractivity contribution in [1.82, 2.24) is 4.98 Å². The summed E-state index contributed by atoms with van der Waals surface area (Å²) >= 11 is 0. The van der Waals surface area contributed by atoms with Crippen molar-refractivity contribution < 1.29 is 4.39 Å². The Morgan fingerprint density at radius 1 is 1.23 bits per heavy atom. The smallest absolute Gasteiger partial charge is 0.140 e. The van der Waals surface area contributed by atoms with Crippen LogP contribution >= 0.6 is 0 Å². The third-order valence-electron chi connectivity index (χ3n) is 1.83. The SMILES string of the molecule is NNc1cc2cc(F)ccc2cn1. The van der Waals surface area contributed by atoms with Crippen LogP contribution < -0.4 is 11.3 Å². The molecule has 0 unspecified atom stereocenters. The molecule has 13 heavy (non-hydrogen) atoms. The van der Waals surface area contributed by atoms with E-state index in [9.17, 15) is 4.39 Å². The highest BCUT2D eigenvalue weighted by Crippen LogP contribution is 2.16. The summed E-state index contributed by atoms with van der Waals surface area (Å²) in [6.45, 7) is 0. The second-order valence-corrected chi connectivity index (χ2v) is 2.71. The monoisotopic (exact) mass is 177 g/mol. The fourth-order valence-corrected chi connectivity index (χ4v) is 1.19. The van der Waals surface area contributed by atoms with Crippen LogP contribution in [0.1, 0.15) is 0 Å². The van der Waals surface area contributed by atoms with E-state index in [-0.39, 0.29) is 5.82 Å². The number of nitrogens with one attached hydrogen (secondary N) is 1. The van der Waals surface area contributed by atoms with Crippen LogP contribution in [0.5, 0.6) is 0 Å². The van der Waals surface area contributed by atoms with E-state index in [0.717, 1.165) is 10.8 Å². The first kappa shape index (κ1) is 7.94. The van der Waals surface area contributed by atoms with Gasteiger partial charge in [-0.25, -0.2) is 15.2 Å². The summed E-state index contributed by atoms with van der Waals surface area (Å²) in [5, 5.41) is 1.67. The van der Waals surface area contributed by atoms with Gasteiger partial charge in [0.2, 0.25) is 0 Å². The lowest BCUT2D eigenvalue weighted by Crippen LogP contribution is -2.07. The summed E-state index contributed by atoms with van der Waals surface area (Å²) in [4.78, 5) is 4.00. The number of nitrogens with two attached hydrogens (primary N) is 1. The van der Waals surface area contributed by atoms with Gasteiger partial charge >= 0.3 is 0 Å². The number of pyridine rings is 1. The van der Waals surface area contributed by atoms with Gasteiger partial charge in [-0.15, -0.1) is 0 Å². The highest BCUT2D eigenvalue weighted by atomic mass is 19.1. The first-order chi connectivity index (χ1) is 6.29. The number of rotatable bonds is 1. The summed E-state index contributed by atoms with van der Waals surface area (Å²) in [7, 11) is 0. The number of aromatic nitrogens is 1. The van der Waals surface area contributed by atoms with Crippen LogP contribution in [0.3, 0.4) is 0 Å². The van der Waals surface area contributed by atoms with Crippen molar-refractivity contribution in [2.75, 3.05) is 5.43 Å². The van der Waals surface area contributed by atoms with Gasteiger partial charge in [0.05, 0.1) is 0 Å². The van der Waals surface area contributed by atoms with E-state index in [2.05, 4.69) is 10.4 Å². The standard InChI is InChI=1S/C9H8FN3/c10-8-2-1-6-5-12-9(13-11)4-7(6)3-8/h1-5H,11H2,(H,12,13). The predicted molar refractivity (Wildman–Crippen MR) is 49.5 cm³/mol. The largest absolute Gasteiger partial charge is 0.308 e. The first-order valence-corrected chi connectivity index (χ1v) is 3.81. The van der Waals surface area contributed by atoms with Crippen LogP contribution in [-0.2, 0) is 0 Å². The lowest BCUT2D eigenvalue weighted by molar-refractivity contribution is 0.629. The number of anilines is 1. The van der Waals surface area contributed by atoms with E-state index in [4.69, 9.17) is 5.84 Å². The number of fused-ring (bicyclic) bond motifs is 1. The lowest BCUT2D eigenvalue weighted by Gasteiger charge is -2.01. The first-order valence-electron chi connectivity index (χ1n) is 3.81. The molecule has 2 rings (SSSR count). The van der Waals surface area contributed by atoms with E-state index in [1.165, 1.54) is 12.1 Å². The molecule has 0 aliphatic carbocycles. The van der Waals surface area contributed by atoms with Gasteiger partial charge in [-0.05, 0) is 29.7 Å². The van der Waals surface area contributed by atoms with Gasteiger partial charge in [-0.2, -0.15) is 0 Å². The lowest BCUT2D eigenvalue weighted by atomic mass is 10.2. The number of nitrogen functional groups attached to an aromatic ring is 1. The molecule has 0 aliphatic rings. The topological polar surface area (TPSA) is 50.9 Å². The van der Waals surface area contributed by atoms with Gasteiger partial charge < -0.3 is 5.43 Å². The highest BCUT2D eigenvalue weighted by Gasteiger charge is 1.97. The molecule has 0 radical (unpaired) electrons. The van der Waals surface area contributed by atoms with Gasteiger partial charge in [-0.3, -0.25) is 0 Å². The number of hydrogen-bond donors (Lipinski definition) is 2. The maximum Gasteiger partial charge on any atom is 0.140 e. The number of benzene rings is 1. The average molecular weight is 177 g/mol. The number of hydrogen-bond acceptors (Lipinski definition) is 3. The molecule has 2 aromatic rings. The molecular weight excluding hydrogens is 169 g/mol. The van der Waals surface area contributed by atoms with Crippen LogP contribution in [0.2, 0.25) is 0 Å². The fourth-order valence-electron chi connectivity index (χ4n) is 1.19. The minimum absolute atomic E-state index is 0.262. The maximum atomic E-state index is 12.8. The van der Waals surface area contributed by atoms with E-state index in [1.54, 1.807) is 18.3 Å². The molecule has 1 aromatic heterocycles. The summed E-state index contributed by atoms with van der Waals surface area (Å²) in [5.41, 5.74) is 2.40. The maximum absolute atomic E-state index is 12.8. The Bertz CT molecular complexity index is 442. The Morgan fingerprint density at radius 2 is 2.08 bits per heavy atom. The summed E-state index contributed by atoms with van der Waals surface area (Å²) in [5.74, 6) is 5.44. The molecule has 66 valence electrons. The zero-order valence-corrected chi connectivity index (χ0v) is 6.79. The van der Waals surface area contributed by atoms with Gasteiger partial charge in [0, 0.05) is 11.6 Å². The Balaban J connectivity index is 2.68. The van der Waals surface area contributed by atoms with E-state index in [1.807, 2.05) is 0 Å². The van der Waals surface area contributed by atoms with Crippen molar-refractivity contribution in [3.05, 3.63) is 36.3 Å². The molecular formula is C9H8FN3. The van der Waals surface area contributed by atoms with Crippen molar-refractivity contribution in [3.63, 3.8) is 0 Å². The number of halogens is 1. The predicted octanol–water partition coefficient (Wildman–Crippen LogP) is 1.66. The molecule has 3 nitrogen and oxygen atoms in total. The summed E-state index contributed by atoms with van der Waals surface area (Å²) in [6, 6.07) is 6.22. The van der Waals surface area contributed by atoms with Crippen molar-refractivity contribution >= 4 is 16.6 Å². The summed E-state index contributed by atoms with van der Waals surface area (Å²) < 4.78 is 12.8. The highest BCUT2D eigenvalue weighted by molar-refractivity contribution is 5.83. The van der Waals surface area contributed by atoms with Crippen LogP contribution in [0.25, 0.3) is 10.8 Å². The molecule has 3 N–H and O–H groups in total.